The van der Waals surface area contributed by atoms with E-state index in [1.54, 1.807) is 41.5 Å². The van der Waals surface area contributed by atoms with Crippen molar-refractivity contribution in [2.24, 2.45) is 0 Å². The summed E-state index contributed by atoms with van der Waals surface area (Å²) >= 11 is 5.04. The van der Waals surface area contributed by atoms with Gasteiger partial charge in [-0.1, -0.05) is 35.5 Å². The molecule has 5 nitrogen and oxygen atoms in total. The smallest absolute Gasteiger partial charge is 0.191 e. The summed E-state index contributed by atoms with van der Waals surface area (Å²) in [6.45, 7) is 3.41. The molecule has 0 aliphatic carbocycles. The van der Waals surface area contributed by atoms with Crippen molar-refractivity contribution in [3.8, 4) is 22.0 Å². The van der Waals surface area contributed by atoms with Gasteiger partial charge in [0.25, 0.3) is 0 Å². The van der Waals surface area contributed by atoms with Crippen LogP contribution >= 0.6 is 34.4 Å². The normalized spacial score (nSPS) is 11.2. The minimum absolute atomic E-state index is 0.615. The quantitative estimate of drug-likeness (QED) is 0.353. The molecule has 0 amide bonds. The number of aromatic nitrogens is 4. The molecule has 28 heavy (non-hydrogen) atoms. The molecule has 0 aliphatic heterocycles. The van der Waals surface area contributed by atoms with Crippen molar-refractivity contribution in [3.05, 3.63) is 57.7 Å². The van der Waals surface area contributed by atoms with Crippen LogP contribution in [0.3, 0.4) is 0 Å². The van der Waals surface area contributed by atoms with E-state index in [0.717, 1.165) is 33.0 Å². The fourth-order valence-corrected chi connectivity index (χ4v) is 5.30. The number of thiophene rings is 1. The van der Waals surface area contributed by atoms with Gasteiger partial charge < -0.3 is 4.74 Å². The summed E-state index contributed by atoms with van der Waals surface area (Å²) in [4.78, 5) is 4.76. The van der Waals surface area contributed by atoms with Gasteiger partial charge in [0.15, 0.2) is 11.0 Å². The maximum atomic E-state index is 5.30. The maximum Gasteiger partial charge on any atom is 0.191 e. The Bertz CT molecular complexity index is 1040. The molecule has 0 unspecified atom stereocenters. The lowest BCUT2D eigenvalue weighted by Gasteiger charge is -2.09. The second-order valence-electron chi connectivity index (χ2n) is 6.26. The zero-order valence-electron chi connectivity index (χ0n) is 15.7. The van der Waals surface area contributed by atoms with Crippen LogP contribution in [0.4, 0.5) is 0 Å². The predicted octanol–water partition coefficient (Wildman–Crippen LogP) is 5.38. The third kappa shape index (κ3) is 4.35. The number of hydrogen-bond acceptors (Lipinski definition) is 7. The van der Waals surface area contributed by atoms with Gasteiger partial charge in [0.05, 0.1) is 18.8 Å². The Kier molecular flexibility index (Phi) is 6.21. The van der Waals surface area contributed by atoms with Crippen LogP contribution in [0.1, 0.15) is 11.3 Å². The summed E-state index contributed by atoms with van der Waals surface area (Å²) in [5.74, 6) is 1.64. The van der Waals surface area contributed by atoms with E-state index in [4.69, 9.17) is 9.72 Å². The van der Waals surface area contributed by atoms with Crippen molar-refractivity contribution < 1.29 is 4.74 Å². The standard InChI is InChI=1S/C20H20N4OS3/c1-14-4-3-5-15(10-14)18-22-23-20(24(18)7-8-25-2)28-13-17-12-27-19(21-17)16-6-9-26-11-16/h3-6,9-12H,7-8,13H2,1-2H3. The lowest BCUT2D eigenvalue weighted by molar-refractivity contribution is 0.185. The van der Waals surface area contributed by atoms with E-state index >= 15 is 0 Å². The molecule has 0 saturated heterocycles. The average molecular weight is 429 g/mol. The molecule has 144 valence electrons. The van der Waals surface area contributed by atoms with Crippen molar-refractivity contribution >= 4 is 34.4 Å². The van der Waals surface area contributed by atoms with Crippen LogP contribution in [0.25, 0.3) is 22.0 Å². The number of thiazole rings is 1. The molecule has 0 radical (unpaired) electrons. The number of hydrogen-bond donors (Lipinski definition) is 0. The van der Waals surface area contributed by atoms with E-state index in [1.807, 2.05) is 6.07 Å². The Labute approximate surface area is 176 Å². The molecule has 0 spiro atoms. The van der Waals surface area contributed by atoms with Gasteiger partial charge >= 0.3 is 0 Å². The van der Waals surface area contributed by atoms with Crippen molar-refractivity contribution in [2.45, 2.75) is 24.4 Å². The van der Waals surface area contributed by atoms with E-state index in [1.165, 1.54) is 11.1 Å². The number of aryl methyl sites for hydroxylation is 1. The van der Waals surface area contributed by atoms with Gasteiger partial charge in [-0.2, -0.15) is 11.3 Å². The van der Waals surface area contributed by atoms with E-state index < -0.39 is 0 Å². The first-order valence-corrected chi connectivity index (χ1v) is 11.6. The third-order valence-electron chi connectivity index (χ3n) is 4.18. The molecular weight excluding hydrogens is 408 g/mol. The third-order valence-corrected chi connectivity index (χ3v) is 6.80. The summed E-state index contributed by atoms with van der Waals surface area (Å²) in [5, 5.41) is 17.2. The fraction of sp³-hybridized carbons (Fsp3) is 0.250. The van der Waals surface area contributed by atoms with E-state index in [-0.39, 0.29) is 0 Å². The number of methoxy groups -OCH3 is 1. The first kappa shape index (κ1) is 19.3. The Hall–Kier alpha value is -2.00. The highest BCUT2D eigenvalue weighted by atomic mass is 32.2. The molecule has 0 atom stereocenters. The van der Waals surface area contributed by atoms with Crippen molar-refractivity contribution in [3.63, 3.8) is 0 Å². The van der Waals surface area contributed by atoms with E-state index in [9.17, 15) is 0 Å². The number of rotatable bonds is 8. The summed E-state index contributed by atoms with van der Waals surface area (Å²) in [6, 6.07) is 10.4. The molecular formula is C20H20N4OS3. The van der Waals surface area contributed by atoms with Crippen LogP contribution in [-0.4, -0.2) is 33.5 Å². The zero-order valence-corrected chi connectivity index (χ0v) is 18.1. The summed E-state index contributed by atoms with van der Waals surface area (Å²) in [5.41, 5.74) is 4.53. The lowest BCUT2D eigenvalue weighted by atomic mass is 10.1. The first-order valence-electron chi connectivity index (χ1n) is 8.83. The van der Waals surface area contributed by atoms with Gasteiger partial charge in [0.1, 0.15) is 5.01 Å². The molecule has 0 saturated carbocycles. The summed E-state index contributed by atoms with van der Waals surface area (Å²) < 4.78 is 7.43. The van der Waals surface area contributed by atoms with Crippen LogP contribution in [-0.2, 0) is 17.0 Å². The molecule has 0 N–H and O–H groups in total. The van der Waals surface area contributed by atoms with Gasteiger partial charge in [-0.05, 0) is 24.4 Å². The number of thioether (sulfide) groups is 1. The van der Waals surface area contributed by atoms with Crippen LogP contribution in [0.5, 0.6) is 0 Å². The molecule has 1 aromatic carbocycles. The monoisotopic (exact) mass is 428 g/mol. The SMILES string of the molecule is COCCn1c(SCc2csc(-c3ccsc3)n2)nnc1-c1cccc(C)c1. The Morgan fingerprint density at radius 2 is 2.07 bits per heavy atom. The van der Waals surface area contributed by atoms with Crippen LogP contribution < -0.4 is 0 Å². The second kappa shape index (κ2) is 9.00. The van der Waals surface area contributed by atoms with Crippen molar-refractivity contribution in [1.82, 2.24) is 19.7 Å². The highest BCUT2D eigenvalue weighted by molar-refractivity contribution is 7.98. The fourth-order valence-electron chi connectivity index (χ4n) is 2.81. The Morgan fingerprint density at radius 3 is 2.86 bits per heavy atom. The van der Waals surface area contributed by atoms with Crippen molar-refractivity contribution in [2.75, 3.05) is 13.7 Å². The van der Waals surface area contributed by atoms with Gasteiger partial charge in [-0.3, -0.25) is 4.57 Å². The van der Waals surface area contributed by atoms with Gasteiger partial charge in [-0.25, -0.2) is 4.98 Å². The number of benzene rings is 1. The molecule has 4 aromatic rings. The molecule has 8 heteroatoms. The van der Waals surface area contributed by atoms with E-state index in [2.05, 4.69) is 62.1 Å². The first-order chi connectivity index (χ1) is 13.7. The summed E-state index contributed by atoms with van der Waals surface area (Å²) in [7, 11) is 1.71. The zero-order chi connectivity index (χ0) is 19.3. The highest BCUT2D eigenvalue weighted by Crippen LogP contribution is 2.30. The van der Waals surface area contributed by atoms with Gasteiger partial charge in [-0.15, -0.1) is 21.5 Å². The van der Waals surface area contributed by atoms with Crippen LogP contribution in [0.15, 0.2) is 51.6 Å². The van der Waals surface area contributed by atoms with Crippen LogP contribution in [0, 0.1) is 6.92 Å². The minimum Gasteiger partial charge on any atom is -0.383 e. The molecule has 0 aliphatic rings. The second-order valence-corrected chi connectivity index (χ2v) is 8.85. The molecule has 0 fully saturated rings. The number of ether oxygens (including phenoxy) is 1. The van der Waals surface area contributed by atoms with Crippen LogP contribution in [0.2, 0.25) is 0 Å². The lowest BCUT2D eigenvalue weighted by Crippen LogP contribution is -2.07. The van der Waals surface area contributed by atoms with Gasteiger partial charge in [0.2, 0.25) is 0 Å². The number of nitrogens with zero attached hydrogens (tertiary/aromatic N) is 4. The van der Waals surface area contributed by atoms with Gasteiger partial charge in [0, 0.05) is 34.7 Å². The highest BCUT2D eigenvalue weighted by Gasteiger charge is 2.15. The largest absolute Gasteiger partial charge is 0.383 e. The maximum absolute atomic E-state index is 5.30. The Balaban J connectivity index is 1.54. The molecule has 3 aromatic heterocycles. The molecule has 0 bridgehead atoms. The van der Waals surface area contributed by atoms with Crippen molar-refractivity contribution in [1.29, 1.82) is 0 Å². The predicted molar refractivity (Wildman–Crippen MR) is 117 cm³/mol. The topological polar surface area (TPSA) is 52.8 Å². The van der Waals surface area contributed by atoms with E-state index in [0.29, 0.717) is 13.2 Å². The Morgan fingerprint density at radius 1 is 1.14 bits per heavy atom. The minimum atomic E-state index is 0.615. The molecule has 3 heterocycles. The summed E-state index contributed by atoms with van der Waals surface area (Å²) in [6.07, 6.45) is 0. The average Bonchev–Trinajstić information content (AvgIpc) is 3.45. The molecule has 4 rings (SSSR count).